The fourth-order valence-corrected chi connectivity index (χ4v) is 5.32. The van der Waals surface area contributed by atoms with E-state index in [-0.39, 0.29) is 31.6 Å². The molecule has 0 spiro atoms. The van der Waals surface area contributed by atoms with Crippen LogP contribution in [0.3, 0.4) is 0 Å². The predicted molar refractivity (Wildman–Crippen MR) is 223 cm³/mol. The van der Waals surface area contributed by atoms with Crippen molar-refractivity contribution in [2.24, 2.45) is 0 Å². The van der Waals surface area contributed by atoms with Gasteiger partial charge in [-0.25, -0.2) is 0 Å². The number of hydrogen-bond donors (Lipinski definition) is 0. The molecule has 0 aromatic carbocycles. The minimum atomic E-state index is -0.579. The molecule has 1 unspecified atom stereocenters. The summed E-state index contributed by atoms with van der Waals surface area (Å²) >= 11 is 0. The Hall–Kier alpha value is -2.92. The van der Waals surface area contributed by atoms with Crippen LogP contribution in [0.2, 0.25) is 0 Å². The van der Waals surface area contributed by atoms with Gasteiger partial charge in [-0.15, -0.1) is 0 Å². The van der Waals surface area contributed by atoms with Gasteiger partial charge in [0.2, 0.25) is 0 Å². The van der Waals surface area contributed by atoms with Gasteiger partial charge in [-0.05, 0) is 70.6 Å². The Balaban J connectivity index is 4.34. The lowest BCUT2D eigenvalue weighted by Gasteiger charge is -2.18. The largest absolute Gasteiger partial charge is 0.461 e. The molecule has 0 radical (unpaired) electrons. The molecule has 296 valence electrons. The second kappa shape index (κ2) is 42.5. The van der Waals surface area contributed by atoms with E-state index in [0.29, 0.717) is 13.0 Å². The number of unbranched alkanes of at least 4 members (excludes halogenated alkanes) is 13. The molecule has 0 aromatic rings. The van der Waals surface area contributed by atoms with Gasteiger partial charge in [0.05, 0.1) is 13.0 Å². The first-order valence-corrected chi connectivity index (χ1v) is 21.1. The van der Waals surface area contributed by atoms with E-state index in [9.17, 15) is 9.59 Å². The molecular formula is C47H78O5. The van der Waals surface area contributed by atoms with Crippen molar-refractivity contribution in [2.75, 3.05) is 19.8 Å². The Morgan fingerprint density at radius 2 is 0.962 bits per heavy atom. The molecule has 1 atom stereocenters. The number of hydrogen-bond acceptors (Lipinski definition) is 5. The topological polar surface area (TPSA) is 61.8 Å². The van der Waals surface area contributed by atoms with Gasteiger partial charge in [0.15, 0.2) is 6.10 Å². The summed E-state index contributed by atoms with van der Waals surface area (Å²) in [6.45, 7) is 7.46. The van der Waals surface area contributed by atoms with Gasteiger partial charge in [-0.1, -0.05) is 176 Å². The van der Waals surface area contributed by atoms with Gasteiger partial charge in [-0.2, -0.15) is 0 Å². The lowest BCUT2D eigenvalue weighted by atomic mass is 10.1. The van der Waals surface area contributed by atoms with E-state index in [1.54, 1.807) is 0 Å². The molecule has 0 aliphatic rings. The Kier molecular flexibility index (Phi) is 40.1. The van der Waals surface area contributed by atoms with E-state index in [0.717, 1.165) is 77.0 Å². The number of ether oxygens (including phenoxy) is 3. The van der Waals surface area contributed by atoms with Gasteiger partial charge in [0, 0.05) is 13.0 Å². The highest BCUT2D eigenvalue weighted by atomic mass is 16.6. The van der Waals surface area contributed by atoms with Crippen molar-refractivity contribution >= 4 is 11.9 Å². The standard InChI is InChI=1S/C47H78O5/c1-4-7-10-13-16-18-20-22-24-25-27-29-32-34-37-40-46(48)51-44-45(52-47(49)41-38-35-31-15-12-9-6-3)43-50-42-39-36-33-30-28-26-23-21-19-17-14-11-8-5-2/h7,10-11,14,16,18-19,21-22,24,27,29,34,37,45H,4-6,8-9,12-13,15,17,20,23,25-26,28,30-33,35-36,38-44H2,1-3H3/b10-7-,14-11-,18-16-,21-19-,24-22-,29-27-,37-34-. The fourth-order valence-electron chi connectivity index (χ4n) is 5.32. The van der Waals surface area contributed by atoms with Crippen molar-refractivity contribution in [3.8, 4) is 0 Å². The van der Waals surface area contributed by atoms with Crippen LogP contribution in [0.15, 0.2) is 85.1 Å². The Morgan fingerprint density at radius 3 is 1.56 bits per heavy atom. The quantitative estimate of drug-likeness (QED) is 0.0363. The molecule has 5 heteroatoms. The molecule has 0 fully saturated rings. The molecular weight excluding hydrogens is 645 g/mol. The van der Waals surface area contributed by atoms with Gasteiger partial charge in [0.1, 0.15) is 6.61 Å². The van der Waals surface area contributed by atoms with Crippen molar-refractivity contribution < 1.29 is 23.8 Å². The van der Waals surface area contributed by atoms with E-state index in [1.807, 2.05) is 12.2 Å². The normalized spacial score (nSPS) is 13.1. The van der Waals surface area contributed by atoms with E-state index in [1.165, 1.54) is 64.2 Å². The number of rotatable bonds is 37. The fraction of sp³-hybridized carbons (Fsp3) is 0.660. The second-order valence-corrected chi connectivity index (χ2v) is 13.5. The summed E-state index contributed by atoms with van der Waals surface area (Å²) in [5.41, 5.74) is 0. The molecule has 0 amide bonds. The summed E-state index contributed by atoms with van der Waals surface area (Å²) in [6.07, 6.45) is 54.7. The number of esters is 2. The predicted octanol–water partition coefficient (Wildman–Crippen LogP) is 13.8. The van der Waals surface area contributed by atoms with Crippen LogP contribution in [-0.4, -0.2) is 37.9 Å². The molecule has 0 bridgehead atoms. The van der Waals surface area contributed by atoms with Crippen molar-refractivity contribution in [1.29, 1.82) is 0 Å². The highest BCUT2D eigenvalue weighted by Gasteiger charge is 2.17. The minimum absolute atomic E-state index is 0.0236. The van der Waals surface area contributed by atoms with Crippen molar-refractivity contribution in [1.82, 2.24) is 0 Å². The van der Waals surface area contributed by atoms with Crippen LogP contribution >= 0.6 is 0 Å². The van der Waals surface area contributed by atoms with Gasteiger partial charge in [-0.3, -0.25) is 9.59 Å². The molecule has 52 heavy (non-hydrogen) atoms. The summed E-state index contributed by atoms with van der Waals surface area (Å²) < 4.78 is 17.1. The van der Waals surface area contributed by atoms with Gasteiger partial charge in [0.25, 0.3) is 0 Å². The summed E-state index contributed by atoms with van der Waals surface area (Å²) in [7, 11) is 0. The van der Waals surface area contributed by atoms with Crippen molar-refractivity contribution in [3.63, 3.8) is 0 Å². The van der Waals surface area contributed by atoms with Crippen LogP contribution in [0.5, 0.6) is 0 Å². The molecule has 0 saturated heterocycles. The maximum absolute atomic E-state index is 12.6. The third-order valence-electron chi connectivity index (χ3n) is 8.43. The van der Waals surface area contributed by atoms with E-state index in [4.69, 9.17) is 14.2 Å². The van der Waals surface area contributed by atoms with Crippen LogP contribution in [0, 0.1) is 0 Å². The van der Waals surface area contributed by atoms with E-state index < -0.39 is 6.10 Å². The maximum Gasteiger partial charge on any atom is 0.309 e. The average molecular weight is 723 g/mol. The lowest BCUT2D eigenvalue weighted by molar-refractivity contribution is -0.162. The summed E-state index contributed by atoms with van der Waals surface area (Å²) in [4.78, 5) is 25.0. The van der Waals surface area contributed by atoms with Gasteiger partial charge >= 0.3 is 11.9 Å². The van der Waals surface area contributed by atoms with Gasteiger partial charge < -0.3 is 14.2 Å². The summed E-state index contributed by atoms with van der Waals surface area (Å²) in [5, 5.41) is 0. The molecule has 5 nitrogen and oxygen atoms in total. The first-order chi connectivity index (χ1) is 25.6. The summed E-state index contributed by atoms with van der Waals surface area (Å²) in [6, 6.07) is 0. The molecule has 0 aromatic heterocycles. The number of carbonyl (C=O) groups excluding carboxylic acids is 2. The van der Waals surface area contributed by atoms with Crippen molar-refractivity contribution in [2.45, 2.75) is 181 Å². The maximum atomic E-state index is 12.6. The third-order valence-corrected chi connectivity index (χ3v) is 8.43. The van der Waals surface area contributed by atoms with Crippen LogP contribution in [0.4, 0.5) is 0 Å². The number of carbonyl (C=O) groups is 2. The zero-order chi connectivity index (χ0) is 37.8. The molecule has 0 saturated carbocycles. The smallest absolute Gasteiger partial charge is 0.309 e. The Labute approximate surface area is 320 Å². The Morgan fingerprint density at radius 1 is 0.462 bits per heavy atom. The third kappa shape index (κ3) is 39.9. The molecule has 0 rings (SSSR count). The summed E-state index contributed by atoms with van der Waals surface area (Å²) in [5.74, 6) is -0.562. The lowest BCUT2D eigenvalue weighted by Crippen LogP contribution is -2.30. The van der Waals surface area contributed by atoms with Crippen LogP contribution in [0.25, 0.3) is 0 Å². The van der Waals surface area contributed by atoms with E-state index in [2.05, 4.69) is 93.7 Å². The highest BCUT2D eigenvalue weighted by molar-refractivity contribution is 5.71. The SMILES string of the molecule is CC/C=C\C/C=C\C/C=C\C/C=C\C/C=C\CC(=O)OCC(COCCCCCCCC/C=C\C/C=C\CCC)OC(=O)CCCCCCCCC. The zero-order valence-corrected chi connectivity index (χ0v) is 33.8. The average Bonchev–Trinajstić information content (AvgIpc) is 3.14. The molecule has 0 N–H and O–H groups in total. The molecule has 0 heterocycles. The molecule has 0 aliphatic heterocycles. The van der Waals surface area contributed by atoms with Crippen LogP contribution < -0.4 is 0 Å². The number of allylic oxidation sites excluding steroid dienone is 13. The first kappa shape index (κ1) is 49.1. The second-order valence-electron chi connectivity index (χ2n) is 13.5. The first-order valence-electron chi connectivity index (χ1n) is 21.1. The zero-order valence-electron chi connectivity index (χ0n) is 33.8. The Bertz CT molecular complexity index is 999. The van der Waals surface area contributed by atoms with Crippen molar-refractivity contribution in [3.05, 3.63) is 85.1 Å². The monoisotopic (exact) mass is 723 g/mol. The van der Waals surface area contributed by atoms with Crippen LogP contribution in [0.1, 0.15) is 175 Å². The van der Waals surface area contributed by atoms with E-state index >= 15 is 0 Å². The highest BCUT2D eigenvalue weighted by Crippen LogP contribution is 2.11. The molecule has 0 aliphatic carbocycles. The van der Waals surface area contributed by atoms with Crippen LogP contribution in [-0.2, 0) is 23.8 Å². The minimum Gasteiger partial charge on any atom is -0.461 e.